The van der Waals surface area contributed by atoms with Crippen LogP contribution in [0.2, 0.25) is 5.02 Å². The van der Waals surface area contributed by atoms with Gasteiger partial charge in [0.25, 0.3) is 0 Å². The van der Waals surface area contributed by atoms with Crippen molar-refractivity contribution in [2.24, 2.45) is 0 Å². The topological polar surface area (TPSA) is 17.1 Å². The molecule has 5 heteroatoms. The standard InChI is InChI=1S/C12H10ClF3O/c1-7(17)11(4-5-11)9-6-8(12(14,15)16)2-3-10(9)13/h2-3,6H,4-5H2,1H3. The highest BCUT2D eigenvalue weighted by Gasteiger charge is 2.50. The summed E-state index contributed by atoms with van der Waals surface area (Å²) in [4.78, 5) is 11.5. The fourth-order valence-electron chi connectivity index (χ4n) is 2.00. The van der Waals surface area contributed by atoms with Gasteiger partial charge in [-0.15, -0.1) is 0 Å². The first-order valence-corrected chi connectivity index (χ1v) is 5.53. The van der Waals surface area contributed by atoms with Crippen molar-refractivity contribution in [3.8, 4) is 0 Å². The molecule has 0 amide bonds. The Bertz CT molecular complexity index is 475. The molecule has 0 aromatic heterocycles. The number of halogens is 4. The number of carbonyl (C=O) groups is 1. The Morgan fingerprint density at radius 1 is 1.35 bits per heavy atom. The fraction of sp³-hybridized carbons (Fsp3) is 0.417. The second-order valence-electron chi connectivity index (χ2n) is 4.33. The van der Waals surface area contributed by atoms with Crippen molar-refractivity contribution in [2.45, 2.75) is 31.4 Å². The Morgan fingerprint density at radius 2 is 1.94 bits per heavy atom. The van der Waals surface area contributed by atoms with Gasteiger partial charge in [0.05, 0.1) is 11.0 Å². The van der Waals surface area contributed by atoms with Crippen LogP contribution >= 0.6 is 11.6 Å². The van der Waals surface area contributed by atoms with E-state index >= 15 is 0 Å². The lowest BCUT2D eigenvalue weighted by molar-refractivity contribution is -0.137. The van der Waals surface area contributed by atoms with E-state index in [-0.39, 0.29) is 10.8 Å². The molecule has 0 radical (unpaired) electrons. The van der Waals surface area contributed by atoms with Crippen LogP contribution in [0.25, 0.3) is 0 Å². The molecule has 2 rings (SSSR count). The van der Waals surface area contributed by atoms with Crippen LogP contribution in [0.15, 0.2) is 18.2 Å². The number of ketones is 1. The number of rotatable bonds is 2. The molecule has 0 atom stereocenters. The van der Waals surface area contributed by atoms with E-state index in [1.807, 2.05) is 0 Å². The van der Waals surface area contributed by atoms with Gasteiger partial charge in [-0.2, -0.15) is 13.2 Å². The maximum atomic E-state index is 12.6. The number of hydrogen-bond donors (Lipinski definition) is 0. The van der Waals surface area contributed by atoms with E-state index in [4.69, 9.17) is 11.6 Å². The van der Waals surface area contributed by atoms with Gasteiger partial charge in [-0.1, -0.05) is 11.6 Å². The fourth-order valence-corrected chi connectivity index (χ4v) is 2.30. The number of carbonyl (C=O) groups excluding carboxylic acids is 1. The molecule has 0 unspecified atom stereocenters. The molecule has 0 N–H and O–H groups in total. The molecule has 17 heavy (non-hydrogen) atoms. The van der Waals surface area contributed by atoms with Crippen molar-refractivity contribution < 1.29 is 18.0 Å². The maximum Gasteiger partial charge on any atom is 0.416 e. The third-order valence-corrected chi connectivity index (χ3v) is 3.56. The molecule has 92 valence electrons. The zero-order valence-corrected chi connectivity index (χ0v) is 9.82. The van der Waals surface area contributed by atoms with Crippen LogP contribution in [0, 0.1) is 0 Å². The average Bonchev–Trinajstić information content (AvgIpc) is 2.97. The largest absolute Gasteiger partial charge is 0.416 e. The summed E-state index contributed by atoms with van der Waals surface area (Å²) in [7, 11) is 0. The first-order chi connectivity index (χ1) is 7.77. The molecule has 0 saturated heterocycles. The molecule has 1 aromatic carbocycles. The van der Waals surface area contributed by atoms with Crippen LogP contribution in [0.4, 0.5) is 13.2 Å². The van der Waals surface area contributed by atoms with Gasteiger partial charge in [0.2, 0.25) is 0 Å². The summed E-state index contributed by atoms with van der Waals surface area (Å²) in [5.41, 5.74) is -1.23. The minimum atomic E-state index is -4.41. The monoisotopic (exact) mass is 262 g/mol. The van der Waals surface area contributed by atoms with Crippen molar-refractivity contribution >= 4 is 17.4 Å². The Kier molecular flexibility index (Phi) is 2.73. The van der Waals surface area contributed by atoms with Gasteiger partial charge in [-0.25, -0.2) is 0 Å². The predicted octanol–water partition coefficient (Wildman–Crippen LogP) is 3.98. The average molecular weight is 263 g/mol. The molecule has 1 aliphatic carbocycles. The van der Waals surface area contributed by atoms with E-state index in [2.05, 4.69) is 0 Å². The van der Waals surface area contributed by atoms with Crippen LogP contribution in [0.5, 0.6) is 0 Å². The lowest BCUT2D eigenvalue weighted by atomic mass is 9.91. The molecule has 1 saturated carbocycles. The van der Waals surface area contributed by atoms with E-state index in [0.29, 0.717) is 18.4 Å². The molecule has 0 bridgehead atoms. The minimum absolute atomic E-state index is 0.126. The van der Waals surface area contributed by atoms with Crippen LogP contribution in [-0.2, 0) is 16.4 Å². The summed E-state index contributed by atoms with van der Waals surface area (Å²) in [6, 6.07) is 3.14. The molecule has 0 aliphatic heterocycles. The molecular formula is C12H10ClF3O. The maximum absolute atomic E-state index is 12.6. The number of benzene rings is 1. The zero-order chi connectivity index (χ0) is 12.8. The second-order valence-corrected chi connectivity index (χ2v) is 4.74. The lowest BCUT2D eigenvalue weighted by Gasteiger charge is -2.16. The van der Waals surface area contributed by atoms with Crippen molar-refractivity contribution in [1.82, 2.24) is 0 Å². The van der Waals surface area contributed by atoms with Gasteiger partial charge >= 0.3 is 6.18 Å². The quantitative estimate of drug-likeness (QED) is 0.788. The molecule has 0 spiro atoms. The predicted molar refractivity (Wildman–Crippen MR) is 58.0 cm³/mol. The van der Waals surface area contributed by atoms with E-state index in [0.717, 1.165) is 12.1 Å². The van der Waals surface area contributed by atoms with Gasteiger partial charge in [0, 0.05) is 5.02 Å². The summed E-state index contributed by atoms with van der Waals surface area (Å²) in [5, 5.41) is 0.228. The summed E-state index contributed by atoms with van der Waals surface area (Å²) >= 11 is 5.90. The van der Waals surface area contributed by atoms with Crippen molar-refractivity contribution in [1.29, 1.82) is 0 Å². The Hall–Kier alpha value is -1.03. The smallest absolute Gasteiger partial charge is 0.299 e. The van der Waals surface area contributed by atoms with Crippen LogP contribution in [0.3, 0.4) is 0 Å². The molecular weight excluding hydrogens is 253 g/mol. The van der Waals surface area contributed by atoms with Gasteiger partial charge < -0.3 is 0 Å². The molecule has 1 aliphatic rings. The zero-order valence-electron chi connectivity index (χ0n) is 9.07. The third-order valence-electron chi connectivity index (χ3n) is 3.23. The molecule has 1 fully saturated rings. The first-order valence-electron chi connectivity index (χ1n) is 5.16. The van der Waals surface area contributed by atoms with Gasteiger partial charge in [-0.05, 0) is 43.5 Å². The van der Waals surface area contributed by atoms with Crippen LogP contribution in [0.1, 0.15) is 30.9 Å². The third kappa shape index (κ3) is 2.06. The van der Waals surface area contributed by atoms with Crippen molar-refractivity contribution in [2.75, 3.05) is 0 Å². The van der Waals surface area contributed by atoms with Crippen LogP contribution in [-0.4, -0.2) is 5.78 Å². The first kappa shape index (κ1) is 12.4. The summed E-state index contributed by atoms with van der Waals surface area (Å²) in [6.45, 7) is 1.39. The Balaban J connectivity index is 2.51. The van der Waals surface area contributed by atoms with E-state index in [9.17, 15) is 18.0 Å². The summed E-state index contributed by atoms with van der Waals surface area (Å²) in [5.74, 6) is -0.126. The SMILES string of the molecule is CC(=O)C1(c2cc(C(F)(F)F)ccc2Cl)CC1. The minimum Gasteiger partial charge on any atom is -0.299 e. The molecule has 0 heterocycles. The van der Waals surface area contributed by atoms with Gasteiger partial charge in [-0.3, -0.25) is 4.79 Å². The second kappa shape index (κ2) is 3.73. The van der Waals surface area contributed by atoms with Gasteiger partial charge in [0.15, 0.2) is 0 Å². The highest BCUT2D eigenvalue weighted by atomic mass is 35.5. The Labute approximate surface area is 102 Å². The van der Waals surface area contributed by atoms with E-state index < -0.39 is 17.2 Å². The molecule has 1 aromatic rings. The summed E-state index contributed by atoms with van der Waals surface area (Å²) < 4.78 is 37.7. The van der Waals surface area contributed by atoms with E-state index in [1.165, 1.54) is 13.0 Å². The van der Waals surface area contributed by atoms with E-state index in [1.54, 1.807) is 0 Å². The number of hydrogen-bond acceptors (Lipinski definition) is 1. The van der Waals surface area contributed by atoms with Crippen molar-refractivity contribution in [3.05, 3.63) is 34.3 Å². The highest BCUT2D eigenvalue weighted by molar-refractivity contribution is 6.32. The highest BCUT2D eigenvalue weighted by Crippen LogP contribution is 2.52. The summed E-state index contributed by atoms with van der Waals surface area (Å²) in [6.07, 6.45) is -3.26. The number of alkyl halides is 3. The number of Topliss-reactive ketones (excluding diaryl/α,β-unsaturated/α-hetero) is 1. The van der Waals surface area contributed by atoms with Crippen molar-refractivity contribution in [3.63, 3.8) is 0 Å². The van der Waals surface area contributed by atoms with Gasteiger partial charge in [0.1, 0.15) is 5.78 Å². The normalized spacial score (nSPS) is 17.9. The lowest BCUT2D eigenvalue weighted by Crippen LogP contribution is -2.18. The molecule has 1 nitrogen and oxygen atoms in total. The Morgan fingerprint density at radius 3 is 2.35 bits per heavy atom. The van der Waals surface area contributed by atoms with Crippen LogP contribution < -0.4 is 0 Å².